The molecule has 5 rings (SSSR count). The average molecular weight is 452 g/mol. The molecule has 3 heterocycles. The maximum absolute atomic E-state index is 13.3. The molecule has 5 aromatic rings. The number of rotatable bonds is 2. The van der Waals surface area contributed by atoms with Crippen molar-refractivity contribution in [3.8, 4) is 5.69 Å². The van der Waals surface area contributed by atoms with Gasteiger partial charge in [-0.25, -0.2) is 15.0 Å². The fraction of sp³-hybridized carbons (Fsp3) is 0.130. The van der Waals surface area contributed by atoms with Crippen LogP contribution in [0.15, 0.2) is 72.0 Å². The molecule has 0 bridgehead atoms. The summed E-state index contributed by atoms with van der Waals surface area (Å²) < 4.78 is 41.2. The minimum absolute atomic E-state index is 0.291. The van der Waals surface area contributed by atoms with Crippen LogP contribution < -0.4 is 11.3 Å². The first-order valence-electron chi connectivity index (χ1n) is 10.0. The Labute approximate surface area is 185 Å². The zero-order valence-electron chi connectivity index (χ0n) is 17.5. The van der Waals surface area contributed by atoms with Crippen molar-refractivity contribution >= 4 is 27.8 Å². The minimum atomic E-state index is -4.57. The summed E-state index contributed by atoms with van der Waals surface area (Å²) in [7, 11) is 0. The third-order valence-electron chi connectivity index (χ3n) is 5.06. The second-order valence-electron chi connectivity index (χ2n) is 7.09. The number of anilines is 1. The number of halogens is 3. The lowest BCUT2D eigenvalue weighted by molar-refractivity contribution is -0.136. The van der Waals surface area contributed by atoms with Crippen LogP contribution in [0.3, 0.4) is 0 Å². The third kappa shape index (κ3) is 4.27. The summed E-state index contributed by atoms with van der Waals surface area (Å²) in [5, 5.41) is 0.0231. The number of alkyl halides is 3. The topological polar surface area (TPSA) is 102 Å². The van der Waals surface area contributed by atoms with E-state index in [2.05, 4.69) is 19.9 Å². The van der Waals surface area contributed by atoms with Crippen molar-refractivity contribution in [3.05, 3.63) is 88.9 Å². The molecule has 2 aromatic carbocycles. The van der Waals surface area contributed by atoms with E-state index in [0.29, 0.717) is 40.2 Å². The summed E-state index contributed by atoms with van der Waals surface area (Å²) in [5.41, 5.74) is 6.48. The lowest BCUT2D eigenvalue weighted by Gasteiger charge is -2.16. The average Bonchev–Trinajstić information content (AvgIpc) is 3.29. The van der Waals surface area contributed by atoms with Gasteiger partial charge in [0.05, 0.1) is 17.3 Å². The molecule has 0 saturated carbocycles. The molecule has 3 aromatic heterocycles. The van der Waals surface area contributed by atoms with E-state index in [-0.39, 0.29) is 5.39 Å². The lowest BCUT2D eigenvalue weighted by Crippen LogP contribution is -2.24. The quantitative estimate of drug-likeness (QED) is 0.410. The molecule has 0 aliphatic carbocycles. The minimum Gasteiger partial charge on any atom is -0.382 e. The van der Waals surface area contributed by atoms with Gasteiger partial charge in [-0.2, -0.15) is 13.2 Å². The van der Waals surface area contributed by atoms with Crippen molar-refractivity contribution in [2.24, 2.45) is 0 Å². The van der Waals surface area contributed by atoms with Gasteiger partial charge in [0.2, 0.25) is 0 Å². The standard InChI is InChI=1S/C18H14F3NO.C5H5N5/c1-2-13-11-12-7-6-10-15(18(19,20)21)16(12)17(23)22(13)14-8-4-3-5-9-14;6-4-3-5(9-1-7-3)10-2-8-4/h3-11H,2H2,1H3;1-2H,(H3,6,7,8,9,10). The van der Waals surface area contributed by atoms with Gasteiger partial charge in [0.25, 0.3) is 5.56 Å². The summed E-state index contributed by atoms with van der Waals surface area (Å²) in [6, 6.07) is 14.2. The zero-order valence-corrected chi connectivity index (χ0v) is 17.5. The number of benzene rings is 2. The van der Waals surface area contributed by atoms with Crippen LogP contribution in [0.25, 0.3) is 27.6 Å². The summed E-state index contributed by atoms with van der Waals surface area (Å²) in [4.78, 5) is 27.2. The summed E-state index contributed by atoms with van der Waals surface area (Å²) in [6.07, 6.45) is -1.11. The Morgan fingerprint density at radius 1 is 1.03 bits per heavy atom. The van der Waals surface area contributed by atoms with Gasteiger partial charge in [0.1, 0.15) is 11.8 Å². The number of nitrogens with one attached hydrogen (secondary N) is 1. The first kappa shape index (κ1) is 22.0. The van der Waals surface area contributed by atoms with Crippen molar-refractivity contribution < 1.29 is 13.2 Å². The molecule has 3 N–H and O–H groups in total. The molecule has 0 unspecified atom stereocenters. The number of aryl methyl sites for hydroxylation is 1. The molecule has 0 atom stereocenters. The van der Waals surface area contributed by atoms with Gasteiger partial charge in [0, 0.05) is 11.4 Å². The molecule has 7 nitrogen and oxygen atoms in total. The van der Waals surface area contributed by atoms with Crippen molar-refractivity contribution in [2.45, 2.75) is 19.5 Å². The fourth-order valence-electron chi connectivity index (χ4n) is 3.56. The van der Waals surface area contributed by atoms with Crippen LogP contribution in [0.2, 0.25) is 0 Å². The van der Waals surface area contributed by atoms with Crippen molar-refractivity contribution in [3.63, 3.8) is 0 Å². The Hall–Kier alpha value is -4.21. The van der Waals surface area contributed by atoms with Crippen molar-refractivity contribution in [1.29, 1.82) is 0 Å². The Kier molecular flexibility index (Phi) is 5.82. The van der Waals surface area contributed by atoms with Gasteiger partial charge in [-0.05, 0) is 36.1 Å². The van der Waals surface area contributed by atoms with Gasteiger partial charge in [-0.3, -0.25) is 9.36 Å². The van der Waals surface area contributed by atoms with Gasteiger partial charge in [-0.1, -0.05) is 37.3 Å². The van der Waals surface area contributed by atoms with Crippen LogP contribution in [0.4, 0.5) is 19.0 Å². The maximum atomic E-state index is 13.3. The van der Waals surface area contributed by atoms with E-state index in [9.17, 15) is 18.0 Å². The first-order valence-corrected chi connectivity index (χ1v) is 10.0. The predicted octanol–water partition coefficient (Wildman–Crippen LogP) is 4.51. The van der Waals surface area contributed by atoms with Gasteiger partial charge < -0.3 is 10.7 Å². The number of nitrogens with two attached hydrogens (primary N) is 1. The molecule has 0 amide bonds. The van der Waals surface area contributed by atoms with E-state index in [1.165, 1.54) is 23.3 Å². The largest absolute Gasteiger partial charge is 0.417 e. The number of fused-ring (bicyclic) bond motifs is 2. The SMILES string of the molecule is CCc1cc2cccc(C(F)(F)F)c2c(=O)n1-c1ccccc1.Nc1ncnc2nc[nH]c12. The van der Waals surface area contributed by atoms with Gasteiger partial charge >= 0.3 is 6.18 Å². The van der Waals surface area contributed by atoms with E-state index in [4.69, 9.17) is 5.73 Å². The van der Waals surface area contributed by atoms with Crippen LogP contribution in [0.5, 0.6) is 0 Å². The van der Waals surface area contributed by atoms with Crippen molar-refractivity contribution in [2.75, 3.05) is 5.73 Å². The second kappa shape index (κ2) is 8.73. The number of hydrogen-bond donors (Lipinski definition) is 2. The number of H-pyrrole nitrogens is 1. The number of aromatic amines is 1. The molecule has 10 heteroatoms. The molecule has 0 saturated heterocycles. The van der Waals surface area contributed by atoms with Crippen LogP contribution in [-0.4, -0.2) is 24.5 Å². The molecule has 0 fully saturated rings. The molecule has 33 heavy (non-hydrogen) atoms. The van der Waals surface area contributed by atoms with E-state index in [0.717, 1.165) is 6.07 Å². The van der Waals surface area contributed by atoms with E-state index in [1.54, 1.807) is 42.5 Å². The third-order valence-corrected chi connectivity index (χ3v) is 5.06. The monoisotopic (exact) mass is 452 g/mol. The number of pyridine rings is 1. The van der Waals surface area contributed by atoms with E-state index < -0.39 is 17.3 Å². The molecule has 0 aliphatic heterocycles. The normalized spacial score (nSPS) is 11.4. The predicted molar refractivity (Wildman–Crippen MR) is 120 cm³/mol. The molecular weight excluding hydrogens is 433 g/mol. The number of para-hydroxylation sites is 1. The van der Waals surface area contributed by atoms with Gasteiger partial charge in [-0.15, -0.1) is 0 Å². The van der Waals surface area contributed by atoms with Crippen LogP contribution in [-0.2, 0) is 12.6 Å². The van der Waals surface area contributed by atoms with Crippen LogP contribution in [0, 0.1) is 0 Å². The van der Waals surface area contributed by atoms with Gasteiger partial charge in [0.15, 0.2) is 11.5 Å². The Morgan fingerprint density at radius 3 is 2.45 bits per heavy atom. The molecular formula is C23H19F3N6O. The smallest absolute Gasteiger partial charge is 0.382 e. The Balaban J connectivity index is 0.000000214. The molecule has 0 spiro atoms. The molecule has 0 radical (unpaired) electrons. The molecule has 0 aliphatic rings. The Bertz CT molecular complexity index is 1480. The first-order chi connectivity index (χ1) is 15.8. The highest BCUT2D eigenvalue weighted by atomic mass is 19.4. The van der Waals surface area contributed by atoms with E-state index in [1.807, 2.05) is 6.92 Å². The number of nitrogens with zero attached hydrogens (tertiary/aromatic N) is 4. The lowest BCUT2D eigenvalue weighted by atomic mass is 10.0. The highest BCUT2D eigenvalue weighted by Gasteiger charge is 2.34. The highest BCUT2D eigenvalue weighted by molar-refractivity contribution is 5.86. The fourth-order valence-corrected chi connectivity index (χ4v) is 3.56. The number of nitrogen functional groups attached to an aromatic ring is 1. The summed E-state index contributed by atoms with van der Waals surface area (Å²) in [5.74, 6) is 0.433. The summed E-state index contributed by atoms with van der Waals surface area (Å²) in [6.45, 7) is 1.87. The van der Waals surface area contributed by atoms with Crippen LogP contribution in [0.1, 0.15) is 18.2 Å². The molecule has 168 valence electrons. The summed E-state index contributed by atoms with van der Waals surface area (Å²) >= 11 is 0. The second-order valence-corrected chi connectivity index (χ2v) is 7.09. The van der Waals surface area contributed by atoms with Crippen molar-refractivity contribution in [1.82, 2.24) is 24.5 Å². The number of imidazole rings is 1. The Morgan fingerprint density at radius 2 is 1.79 bits per heavy atom. The maximum Gasteiger partial charge on any atom is 0.417 e. The van der Waals surface area contributed by atoms with Crippen LogP contribution >= 0.6 is 0 Å². The van der Waals surface area contributed by atoms with E-state index >= 15 is 0 Å². The number of hydrogen-bond acceptors (Lipinski definition) is 5. The number of aromatic nitrogens is 5. The zero-order chi connectivity index (χ0) is 23.6. The highest BCUT2D eigenvalue weighted by Crippen LogP contribution is 2.33.